The van der Waals surface area contributed by atoms with Crippen molar-refractivity contribution in [2.75, 3.05) is 40.0 Å². The van der Waals surface area contributed by atoms with Crippen molar-refractivity contribution in [3.63, 3.8) is 0 Å². The van der Waals surface area contributed by atoms with Gasteiger partial charge in [-0.2, -0.15) is 4.31 Å². The first-order chi connectivity index (χ1) is 13.9. The van der Waals surface area contributed by atoms with Crippen LogP contribution in [0.15, 0.2) is 53.4 Å². The van der Waals surface area contributed by atoms with E-state index in [0.717, 1.165) is 5.56 Å². The number of hydrogen-bond donors (Lipinski definition) is 0. The maximum atomic E-state index is 12.6. The summed E-state index contributed by atoms with van der Waals surface area (Å²) in [6.07, 6.45) is 0. The van der Waals surface area contributed by atoms with Crippen LogP contribution in [0.3, 0.4) is 0 Å². The smallest absolute Gasteiger partial charge is 0.260 e. The molecule has 2 aromatic rings. The molecule has 1 aliphatic heterocycles. The van der Waals surface area contributed by atoms with Gasteiger partial charge >= 0.3 is 0 Å². The molecule has 0 unspecified atom stereocenters. The summed E-state index contributed by atoms with van der Waals surface area (Å²) in [5.74, 6) is 0.290. The molecule has 1 aliphatic rings. The standard InChI is InChI=1S/C21H26N2O5S/c1-17-3-5-18(6-4-17)15-22(2)21(24)16-28-19-7-9-20(10-8-19)29(25,26)23-11-13-27-14-12-23/h3-10H,11-16H2,1-2H3. The van der Waals surface area contributed by atoms with Gasteiger partial charge < -0.3 is 14.4 Å². The van der Waals surface area contributed by atoms with Crippen LogP contribution in [0.2, 0.25) is 0 Å². The van der Waals surface area contributed by atoms with Crippen LogP contribution in [0.1, 0.15) is 11.1 Å². The predicted octanol–water partition coefficient (Wildman–Crippen LogP) is 2.05. The lowest BCUT2D eigenvalue weighted by Gasteiger charge is -2.26. The van der Waals surface area contributed by atoms with Crippen molar-refractivity contribution in [3.8, 4) is 5.75 Å². The summed E-state index contributed by atoms with van der Waals surface area (Å²) in [4.78, 5) is 14.1. The van der Waals surface area contributed by atoms with E-state index in [1.54, 1.807) is 24.1 Å². The highest BCUT2D eigenvalue weighted by Crippen LogP contribution is 2.20. The third kappa shape index (κ3) is 5.56. The zero-order valence-electron chi connectivity index (χ0n) is 16.7. The van der Waals surface area contributed by atoms with E-state index < -0.39 is 10.0 Å². The van der Waals surface area contributed by atoms with Gasteiger partial charge in [0.2, 0.25) is 10.0 Å². The molecule has 7 nitrogen and oxygen atoms in total. The first-order valence-corrected chi connectivity index (χ1v) is 10.9. The van der Waals surface area contributed by atoms with E-state index >= 15 is 0 Å². The van der Waals surface area contributed by atoms with Gasteiger partial charge in [-0.15, -0.1) is 0 Å². The topological polar surface area (TPSA) is 76.2 Å². The van der Waals surface area contributed by atoms with Gasteiger partial charge in [-0.3, -0.25) is 4.79 Å². The van der Waals surface area contributed by atoms with Gasteiger partial charge in [-0.05, 0) is 36.8 Å². The summed E-state index contributed by atoms with van der Waals surface area (Å²) < 4.78 is 37.4. The van der Waals surface area contributed by atoms with Gasteiger partial charge in [0.1, 0.15) is 5.75 Å². The minimum absolute atomic E-state index is 0.113. The molecule has 0 spiro atoms. The van der Waals surface area contributed by atoms with Gasteiger partial charge in [0.25, 0.3) is 5.91 Å². The molecule has 1 fully saturated rings. The van der Waals surface area contributed by atoms with Gasteiger partial charge in [-0.25, -0.2) is 8.42 Å². The molecule has 0 atom stereocenters. The average Bonchev–Trinajstić information content (AvgIpc) is 2.74. The Balaban J connectivity index is 1.54. The number of morpholine rings is 1. The monoisotopic (exact) mass is 418 g/mol. The van der Waals surface area contributed by atoms with Crippen LogP contribution in [0.5, 0.6) is 5.75 Å². The molecule has 0 aromatic heterocycles. The maximum absolute atomic E-state index is 12.6. The van der Waals surface area contributed by atoms with Crippen LogP contribution in [0.4, 0.5) is 0 Å². The minimum Gasteiger partial charge on any atom is -0.484 e. The van der Waals surface area contributed by atoms with E-state index in [2.05, 4.69) is 0 Å². The zero-order valence-corrected chi connectivity index (χ0v) is 17.5. The fraction of sp³-hybridized carbons (Fsp3) is 0.381. The summed E-state index contributed by atoms with van der Waals surface area (Å²) in [5, 5.41) is 0. The second-order valence-electron chi connectivity index (χ2n) is 7.01. The largest absolute Gasteiger partial charge is 0.484 e. The number of aryl methyl sites for hydroxylation is 1. The first-order valence-electron chi connectivity index (χ1n) is 9.46. The van der Waals surface area contributed by atoms with E-state index in [1.807, 2.05) is 31.2 Å². The number of hydrogen-bond acceptors (Lipinski definition) is 5. The number of benzene rings is 2. The Morgan fingerprint density at radius 3 is 2.31 bits per heavy atom. The Kier molecular flexibility index (Phi) is 6.89. The van der Waals surface area contributed by atoms with Crippen LogP contribution < -0.4 is 4.74 Å². The Morgan fingerprint density at radius 1 is 1.07 bits per heavy atom. The van der Waals surface area contributed by atoms with Crippen molar-refractivity contribution in [2.24, 2.45) is 0 Å². The van der Waals surface area contributed by atoms with Gasteiger partial charge in [-0.1, -0.05) is 29.8 Å². The Bertz CT molecular complexity index is 921. The number of ether oxygens (including phenoxy) is 2. The van der Waals surface area contributed by atoms with Crippen LogP contribution in [0.25, 0.3) is 0 Å². The number of carbonyl (C=O) groups is 1. The van der Waals surface area contributed by atoms with E-state index in [4.69, 9.17) is 9.47 Å². The van der Waals surface area contributed by atoms with Crippen molar-refractivity contribution in [3.05, 3.63) is 59.7 Å². The van der Waals surface area contributed by atoms with Crippen LogP contribution in [0, 0.1) is 6.92 Å². The summed E-state index contributed by atoms with van der Waals surface area (Å²) in [6, 6.07) is 14.1. The second kappa shape index (κ2) is 9.39. The molecule has 3 rings (SSSR count). The second-order valence-corrected chi connectivity index (χ2v) is 8.95. The lowest BCUT2D eigenvalue weighted by atomic mass is 10.1. The highest BCUT2D eigenvalue weighted by atomic mass is 32.2. The van der Waals surface area contributed by atoms with Crippen LogP contribution in [-0.2, 0) is 26.1 Å². The van der Waals surface area contributed by atoms with Gasteiger partial charge in [0.15, 0.2) is 6.61 Å². The molecule has 1 amide bonds. The summed E-state index contributed by atoms with van der Waals surface area (Å²) in [7, 11) is -1.81. The van der Waals surface area contributed by atoms with Crippen LogP contribution in [-0.4, -0.2) is 63.5 Å². The molecule has 0 N–H and O–H groups in total. The zero-order chi connectivity index (χ0) is 20.9. The molecular weight excluding hydrogens is 392 g/mol. The fourth-order valence-corrected chi connectivity index (χ4v) is 4.36. The molecule has 0 radical (unpaired) electrons. The normalized spacial score (nSPS) is 15.1. The van der Waals surface area contributed by atoms with Gasteiger partial charge in [0.05, 0.1) is 18.1 Å². The molecule has 2 aromatic carbocycles. The molecule has 1 heterocycles. The Morgan fingerprint density at radius 2 is 1.69 bits per heavy atom. The lowest BCUT2D eigenvalue weighted by Crippen LogP contribution is -2.40. The SMILES string of the molecule is Cc1ccc(CN(C)C(=O)COc2ccc(S(=O)(=O)N3CCOCC3)cc2)cc1. The van der Waals surface area contributed by atoms with Crippen molar-refractivity contribution in [1.29, 1.82) is 0 Å². The molecule has 0 saturated carbocycles. The average molecular weight is 419 g/mol. The summed E-state index contributed by atoms with van der Waals surface area (Å²) in [5.41, 5.74) is 2.22. The summed E-state index contributed by atoms with van der Waals surface area (Å²) in [6.45, 7) is 3.91. The third-order valence-electron chi connectivity index (χ3n) is 4.76. The van der Waals surface area contributed by atoms with Crippen molar-refractivity contribution < 1.29 is 22.7 Å². The van der Waals surface area contributed by atoms with Gasteiger partial charge in [0, 0.05) is 26.7 Å². The maximum Gasteiger partial charge on any atom is 0.260 e. The number of nitrogens with zero attached hydrogens (tertiary/aromatic N) is 2. The van der Waals surface area contributed by atoms with Crippen molar-refractivity contribution in [1.82, 2.24) is 9.21 Å². The molecule has 0 aliphatic carbocycles. The molecule has 8 heteroatoms. The van der Waals surface area contributed by atoms with E-state index in [-0.39, 0.29) is 17.4 Å². The summed E-state index contributed by atoms with van der Waals surface area (Å²) >= 11 is 0. The quantitative estimate of drug-likeness (QED) is 0.688. The number of carbonyl (C=O) groups excluding carboxylic acids is 1. The molecule has 156 valence electrons. The third-order valence-corrected chi connectivity index (χ3v) is 6.67. The van der Waals surface area contributed by atoms with Crippen molar-refractivity contribution >= 4 is 15.9 Å². The molecule has 1 saturated heterocycles. The highest BCUT2D eigenvalue weighted by molar-refractivity contribution is 7.89. The van der Waals surface area contributed by atoms with E-state index in [1.165, 1.54) is 22.0 Å². The molecule has 29 heavy (non-hydrogen) atoms. The number of sulfonamides is 1. The van der Waals surface area contributed by atoms with Crippen LogP contribution >= 0.6 is 0 Å². The van der Waals surface area contributed by atoms with E-state index in [0.29, 0.717) is 38.6 Å². The first kappa shape index (κ1) is 21.3. The highest BCUT2D eigenvalue weighted by Gasteiger charge is 2.26. The Hall–Kier alpha value is -2.42. The molecule has 0 bridgehead atoms. The number of likely N-dealkylation sites (N-methyl/N-ethyl adjacent to an activating group) is 1. The lowest BCUT2D eigenvalue weighted by molar-refractivity contribution is -0.132. The number of amides is 1. The Labute approximate surface area is 171 Å². The molecular formula is C21H26N2O5S. The van der Waals surface area contributed by atoms with Crippen molar-refractivity contribution in [2.45, 2.75) is 18.4 Å². The van der Waals surface area contributed by atoms with E-state index in [9.17, 15) is 13.2 Å². The predicted molar refractivity (Wildman–Crippen MR) is 109 cm³/mol. The minimum atomic E-state index is -3.54. The fourth-order valence-electron chi connectivity index (χ4n) is 2.95. The number of rotatable bonds is 7.